The van der Waals surface area contributed by atoms with Gasteiger partial charge in [0.1, 0.15) is 30.1 Å². The van der Waals surface area contributed by atoms with Crippen LogP contribution in [0, 0.1) is 35.5 Å². The van der Waals surface area contributed by atoms with Gasteiger partial charge in [0.25, 0.3) is 11.7 Å². The van der Waals surface area contributed by atoms with Crippen molar-refractivity contribution in [2.75, 3.05) is 87.5 Å². The molecule has 1 amide bonds. The number of amides is 1. The van der Waals surface area contributed by atoms with Gasteiger partial charge in [-0.3, -0.25) is 19.2 Å². The summed E-state index contributed by atoms with van der Waals surface area (Å²) >= 11 is 0. The number of aliphatic hydroxyl groups excluding tert-OH is 1. The number of ketones is 3. The first-order valence-corrected chi connectivity index (χ1v) is 29.3. The maximum Gasteiger partial charge on any atom is 0.329 e. The zero-order valence-corrected chi connectivity index (χ0v) is 49.2. The van der Waals surface area contributed by atoms with Crippen LogP contribution in [0.2, 0.25) is 0 Å². The summed E-state index contributed by atoms with van der Waals surface area (Å²) in [7, 11) is 6.85. The van der Waals surface area contributed by atoms with Crippen molar-refractivity contribution in [3.63, 3.8) is 0 Å². The Morgan fingerprint density at radius 3 is 2.24 bits per heavy atom. The minimum absolute atomic E-state index is 0.00546. The number of cyclic esters (lactones) is 1. The van der Waals surface area contributed by atoms with E-state index in [9.17, 15) is 34.2 Å². The number of hydrogen-bond acceptors (Lipinski definition) is 16. The first-order valence-electron chi connectivity index (χ1n) is 29.3. The third kappa shape index (κ3) is 18.8. The third-order valence-corrected chi connectivity index (χ3v) is 17.3. The quantitative estimate of drug-likeness (QED) is 0.0791. The standard InChI is InChI=1S/C61H99N3O14/c1-40-18-13-12-14-19-41(2)52(76-33-32-72-9)38-48-23-21-46(7)61(71,78-48)58(68)59(69)64-26-16-15-20-49(64)60(70)77-53(39-50(65)42(3)35-45(6)56(67)57(74-11)55(66)44(5)34-40)43(4)36-47-22-24-51(54(37-47)73-10)75-31-17-25-63-29-27-62(8)28-30-63/h12-14,18-19,35,40,42-44,46-49,51-54,56-57,67,71H,15-17,20-34,36-39H2,1-11H3/b14-12?,18-13+,41-19?,45-35+/t40-,42-,43?,44-,46-,47+,48+,49+,51-,52+,53+,54-,56-,57+,61-/m1/s1. The van der Waals surface area contributed by atoms with Gasteiger partial charge in [-0.05, 0) is 120 Å². The van der Waals surface area contributed by atoms with Crippen LogP contribution in [0.4, 0.5) is 0 Å². The van der Waals surface area contributed by atoms with E-state index in [4.69, 9.17) is 33.2 Å². The van der Waals surface area contributed by atoms with Crippen molar-refractivity contribution in [2.45, 2.75) is 186 Å². The Balaban J connectivity index is 1.41. The molecule has 2 N–H and O–H groups in total. The van der Waals surface area contributed by atoms with Gasteiger partial charge in [0.05, 0.1) is 37.6 Å². The molecule has 5 aliphatic rings. The molecule has 17 heteroatoms. The number of aliphatic hydroxyl groups is 2. The molecule has 1 saturated carbocycles. The zero-order valence-electron chi connectivity index (χ0n) is 49.2. The number of carbonyl (C=O) groups is 5. The number of allylic oxidation sites excluding steroid dienone is 6. The van der Waals surface area contributed by atoms with E-state index in [1.54, 1.807) is 41.1 Å². The van der Waals surface area contributed by atoms with Crippen molar-refractivity contribution >= 4 is 29.2 Å². The normalized spacial score (nSPS) is 36.3. The van der Waals surface area contributed by atoms with Gasteiger partial charge in [-0.25, -0.2) is 4.79 Å². The number of nitrogens with zero attached hydrogens (tertiary/aromatic N) is 3. The number of methoxy groups -OCH3 is 3. The minimum atomic E-state index is -2.46. The number of fused-ring (bicyclic) bond motifs is 3. The van der Waals surface area contributed by atoms with Crippen LogP contribution < -0.4 is 0 Å². The van der Waals surface area contributed by atoms with Crippen LogP contribution in [-0.2, 0) is 57.1 Å². The van der Waals surface area contributed by atoms with Gasteiger partial charge < -0.3 is 58.1 Å². The van der Waals surface area contributed by atoms with E-state index in [1.807, 2.05) is 58.1 Å². The SMILES string of the molecule is COCCO[C@H]1C[C@@H]2CC[C@@H](C)[C@@](O)(O2)C(=O)C(=O)N2CCCC[C@H]2C(=O)O[C@H](C(C)C[C@@H]2CC[C@@H](OCCCN3CCN(C)CC3)[C@H](OC)C2)CC(=O)[C@H](C)/C=C(\C)[C@@H](O)[C@@H](OC)C(=O)[C@H](C)C[C@H](C)/C=C/C=CC=C1C. The van der Waals surface area contributed by atoms with Gasteiger partial charge in [0.15, 0.2) is 5.78 Å². The largest absolute Gasteiger partial charge is 0.460 e. The molecule has 0 aromatic rings. The van der Waals surface area contributed by atoms with Gasteiger partial charge in [0.2, 0.25) is 5.79 Å². The summed E-state index contributed by atoms with van der Waals surface area (Å²) in [5.41, 5.74) is 1.27. The number of carbonyl (C=O) groups excluding carboxylic acids is 5. The van der Waals surface area contributed by atoms with E-state index in [0.29, 0.717) is 57.3 Å². The van der Waals surface area contributed by atoms with Gasteiger partial charge in [-0.2, -0.15) is 0 Å². The third-order valence-electron chi connectivity index (χ3n) is 17.3. The Kier molecular flexibility index (Phi) is 27.0. The second-order valence-corrected chi connectivity index (χ2v) is 23.6. The Bertz CT molecular complexity index is 2050. The van der Waals surface area contributed by atoms with Crippen LogP contribution in [0.15, 0.2) is 47.6 Å². The van der Waals surface area contributed by atoms with Crippen LogP contribution in [-0.4, -0.2) is 196 Å². The Morgan fingerprint density at radius 2 is 1.54 bits per heavy atom. The lowest BCUT2D eigenvalue weighted by Gasteiger charge is -2.43. The van der Waals surface area contributed by atoms with Gasteiger partial charge in [0, 0.05) is 97.8 Å². The Hall–Kier alpha value is -3.49. The zero-order chi connectivity index (χ0) is 57.1. The average Bonchev–Trinajstić information content (AvgIpc) is 3.46. The average molecular weight is 1100 g/mol. The van der Waals surface area contributed by atoms with Crippen molar-refractivity contribution < 1.29 is 67.3 Å². The summed E-state index contributed by atoms with van der Waals surface area (Å²) in [5.74, 6) is -7.89. The minimum Gasteiger partial charge on any atom is -0.460 e. The van der Waals surface area contributed by atoms with Crippen molar-refractivity contribution in [3.05, 3.63) is 47.6 Å². The highest BCUT2D eigenvalue weighted by Crippen LogP contribution is 2.38. The van der Waals surface area contributed by atoms with Crippen molar-refractivity contribution in [1.82, 2.24) is 14.7 Å². The lowest BCUT2D eigenvalue weighted by atomic mass is 9.78. The maximum atomic E-state index is 14.7. The molecule has 4 heterocycles. The van der Waals surface area contributed by atoms with Crippen molar-refractivity contribution in [1.29, 1.82) is 0 Å². The van der Waals surface area contributed by atoms with Gasteiger partial charge >= 0.3 is 5.97 Å². The number of piperazine rings is 1. The first-order chi connectivity index (χ1) is 37.2. The molecule has 0 radical (unpaired) electrons. The number of hydrogen-bond donors (Lipinski definition) is 2. The van der Waals surface area contributed by atoms with Crippen LogP contribution in [0.1, 0.15) is 132 Å². The summed E-state index contributed by atoms with van der Waals surface area (Å²) in [6.07, 6.45) is 13.4. The fourth-order valence-electron chi connectivity index (χ4n) is 12.1. The number of Topliss-reactive ketones (excluding diaryl/α,β-unsaturated/α-hetero) is 3. The van der Waals surface area contributed by atoms with E-state index in [0.717, 1.165) is 64.0 Å². The molecule has 3 saturated heterocycles. The molecular formula is C61H99N3O14. The molecule has 1 aliphatic carbocycles. The highest BCUT2D eigenvalue weighted by Gasteiger charge is 2.53. The molecule has 17 nitrogen and oxygen atoms in total. The summed E-state index contributed by atoms with van der Waals surface area (Å²) in [4.78, 5) is 78.0. The molecule has 78 heavy (non-hydrogen) atoms. The lowest BCUT2D eigenvalue weighted by Crippen LogP contribution is -2.61. The summed E-state index contributed by atoms with van der Waals surface area (Å²) in [6.45, 7) is 19.5. The summed E-state index contributed by atoms with van der Waals surface area (Å²) < 4.78 is 42.4. The van der Waals surface area contributed by atoms with Gasteiger partial charge in [-0.15, -0.1) is 0 Å². The number of esters is 1. The molecular weight excluding hydrogens is 999 g/mol. The van der Waals surface area contributed by atoms with Crippen LogP contribution in [0.5, 0.6) is 0 Å². The maximum absolute atomic E-state index is 14.7. The predicted octanol–water partition coefficient (Wildman–Crippen LogP) is 6.86. The van der Waals surface area contributed by atoms with E-state index in [2.05, 4.69) is 16.8 Å². The fourth-order valence-corrected chi connectivity index (χ4v) is 12.1. The molecule has 15 atom stereocenters. The van der Waals surface area contributed by atoms with Crippen LogP contribution in [0.25, 0.3) is 0 Å². The highest BCUT2D eigenvalue weighted by atomic mass is 16.6. The number of piperidine rings is 1. The molecule has 4 aliphatic heterocycles. The molecule has 442 valence electrons. The monoisotopic (exact) mass is 1100 g/mol. The smallest absolute Gasteiger partial charge is 0.329 e. The van der Waals surface area contributed by atoms with E-state index in [-0.39, 0.29) is 73.9 Å². The Labute approximate surface area is 466 Å². The van der Waals surface area contributed by atoms with E-state index in [1.165, 1.54) is 12.0 Å². The Morgan fingerprint density at radius 1 is 0.795 bits per heavy atom. The molecule has 0 aromatic carbocycles. The molecule has 4 fully saturated rings. The predicted molar refractivity (Wildman–Crippen MR) is 298 cm³/mol. The second-order valence-electron chi connectivity index (χ2n) is 23.6. The second kappa shape index (κ2) is 32.2. The van der Waals surface area contributed by atoms with E-state index < -0.39 is 77.8 Å². The van der Waals surface area contributed by atoms with Crippen molar-refractivity contribution in [2.24, 2.45) is 35.5 Å². The molecule has 2 bridgehead atoms. The highest BCUT2D eigenvalue weighted by molar-refractivity contribution is 6.39. The molecule has 5 rings (SSSR count). The summed E-state index contributed by atoms with van der Waals surface area (Å²) in [5, 5.41) is 23.8. The number of ether oxygens (including phenoxy) is 7. The van der Waals surface area contributed by atoms with Gasteiger partial charge in [-0.1, -0.05) is 71.1 Å². The topological polar surface area (TPSA) is 200 Å². The molecule has 1 unspecified atom stereocenters. The molecule has 0 spiro atoms. The first kappa shape index (κ1) is 65.3. The number of rotatable bonds is 14. The fraction of sp³-hybridized carbons (Fsp3) is 0.787. The lowest BCUT2D eigenvalue weighted by molar-refractivity contribution is -0.266. The summed E-state index contributed by atoms with van der Waals surface area (Å²) in [6, 6.07) is -1.14. The van der Waals surface area contributed by atoms with E-state index >= 15 is 0 Å². The van der Waals surface area contributed by atoms with Crippen LogP contribution in [0.3, 0.4) is 0 Å². The van der Waals surface area contributed by atoms with Crippen molar-refractivity contribution in [3.8, 4) is 0 Å². The molecule has 0 aromatic heterocycles. The number of likely N-dealkylation sites (N-methyl/N-ethyl adjacent to an activating group) is 1. The van der Waals surface area contributed by atoms with Crippen LogP contribution >= 0.6 is 0 Å².